The Kier molecular flexibility index (Phi) is 5.47. The Bertz CT molecular complexity index is 1280. The number of aryl methyl sites for hydroxylation is 1. The molecule has 0 radical (unpaired) electrons. The molecule has 0 aromatic heterocycles. The van der Waals surface area contributed by atoms with E-state index in [2.05, 4.69) is 31.2 Å². The summed E-state index contributed by atoms with van der Waals surface area (Å²) in [4.78, 5) is 36.7. The Hall–Kier alpha value is -4.07. The first-order valence-corrected chi connectivity index (χ1v) is 10.9. The van der Waals surface area contributed by atoms with E-state index in [1.54, 1.807) is 4.90 Å². The monoisotopic (exact) mass is 459 g/mol. The van der Waals surface area contributed by atoms with Crippen LogP contribution in [-0.2, 0) is 5.41 Å². The summed E-state index contributed by atoms with van der Waals surface area (Å²) in [5, 5.41) is 22.8. The Morgan fingerprint density at radius 2 is 1.44 bits per heavy atom. The Morgan fingerprint density at radius 1 is 0.882 bits per heavy atom. The van der Waals surface area contributed by atoms with Crippen LogP contribution in [0.15, 0.2) is 66.7 Å². The second-order valence-electron chi connectivity index (χ2n) is 9.60. The number of benzene rings is 3. The van der Waals surface area contributed by atoms with Crippen LogP contribution in [0.1, 0.15) is 54.2 Å². The third-order valence-corrected chi connectivity index (χ3v) is 6.59. The van der Waals surface area contributed by atoms with Crippen LogP contribution in [0.4, 0.5) is 17.1 Å². The van der Waals surface area contributed by atoms with Crippen molar-refractivity contribution in [2.24, 2.45) is 0 Å². The summed E-state index contributed by atoms with van der Waals surface area (Å²) in [6, 6.07) is 19.0. The van der Waals surface area contributed by atoms with Crippen molar-refractivity contribution in [2.45, 2.75) is 45.1 Å². The molecule has 4 rings (SSSR count). The second-order valence-corrected chi connectivity index (χ2v) is 9.60. The fraction of sp³-hybridized carbons (Fsp3) is 0.269. The van der Waals surface area contributed by atoms with Crippen LogP contribution in [0.5, 0.6) is 0 Å². The highest BCUT2D eigenvalue weighted by molar-refractivity contribution is 6.08. The summed E-state index contributed by atoms with van der Waals surface area (Å²) in [6.07, 6.45) is 0.586. The molecule has 34 heavy (non-hydrogen) atoms. The Balaban J connectivity index is 1.89. The van der Waals surface area contributed by atoms with E-state index in [9.17, 15) is 25.0 Å². The van der Waals surface area contributed by atoms with Crippen LogP contribution in [0.25, 0.3) is 0 Å². The highest BCUT2D eigenvalue weighted by Crippen LogP contribution is 2.50. The molecule has 3 aromatic rings. The quantitative estimate of drug-likeness (QED) is 0.354. The van der Waals surface area contributed by atoms with E-state index >= 15 is 0 Å². The average Bonchev–Trinajstić information content (AvgIpc) is 2.78. The van der Waals surface area contributed by atoms with Gasteiger partial charge in [-0.2, -0.15) is 0 Å². The maximum Gasteiger partial charge on any atom is 0.277 e. The summed E-state index contributed by atoms with van der Waals surface area (Å²) >= 11 is 0. The molecule has 1 amide bonds. The molecule has 3 aromatic carbocycles. The highest BCUT2D eigenvalue weighted by Gasteiger charge is 2.48. The van der Waals surface area contributed by atoms with Crippen molar-refractivity contribution in [1.29, 1.82) is 0 Å². The van der Waals surface area contributed by atoms with E-state index in [0.717, 1.165) is 34.9 Å². The van der Waals surface area contributed by atoms with Crippen LogP contribution in [0.2, 0.25) is 0 Å². The standard InChI is InChI=1S/C26H25N3O5/c1-17-9-11-19(12-10-17)26(4)16-25(2,3)27(23-8-6-5-7-22(23)26)24(30)18-13-20(28(31)32)15-21(14-18)29(33)34/h5-15H,16H2,1-4H3/t26-/m1/s1. The number of hydrogen-bond acceptors (Lipinski definition) is 5. The second kappa shape index (κ2) is 8.06. The number of hydrogen-bond donors (Lipinski definition) is 0. The summed E-state index contributed by atoms with van der Waals surface area (Å²) in [5.74, 6) is -0.518. The molecule has 0 unspecified atom stereocenters. The molecular weight excluding hydrogens is 434 g/mol. The zero-order chi connectivity index (χ0) is 24.8. The predicted molar refractivity (Wildman–Crippen MR) is 129 cm³/mol. The number of nitro groups is 2. The molecular formula is C26H25N3O5. The average molecular weight is 460 g/mol. The number of nitrogens with zero attached hydrogens (tertiary/aromatic N) is 3. The van der Waals surface area contributed by atoms with Crippen LogP contribution in [0, 0.1) is 27.2 Å². The van der Waals surface area contributed by atoms with Crippen molar-refractivity contribution in [2.75, 3.05) is 4.90 Å². The Morgan fingerprint density at radius 3 is 2.00 bits per heavy atom. The van der Waals surface area contributed by atoms with Gasteiger partial charge in [0, 0.05) is 28.8 Å². The summed E-state index contributed by atoms with van der Waals surface area (Å²) in [7, 11) is 0. The fourth-order valence-electron chi connectivity index (χ4n) is 5.12. The van der Waals surface area contributed by atoms with E-state index < -0.39 is 32.7 Å². The fourth-order valence-corrected chi connectivity index (χ4v) is 5.12. The van der Waals surface area contributed by atoms with Gasteiger partial charge in [-0.3, -0.25) is 25.0 Å². The van der Waals surface area contributed by atoms with E-state index in [1.165, 1.54) is 0 Å². The van der Waals surface area contributed by atoms with Gasteiger partial charge in [0.05, 0.1) is 21.5 Å². The van der Waals surface area contributed by atoms with Crippen molar-refractivity contribution in [3.05, 3.63) is 109 Å². The molecule has 1 atom stereocenters. The molecule has 1 aliphatic heterocycles. The number of amides is 1. The number of nitro benzene ring substituents is 2. The van der Waals surface area contributed by atoms with Gasteiger partial charge in [-0.05, 0) is 44.4 Å². The van der Waals surface area contributed by atoms with Crippen LogP contribution >= 0.6 is 0 Å². The van der Waals surface area contributed by atoms with Crippen molar-refractivity contribution < 1.29 is 14.6 Å². The van der Waals surface area contributed by atoms with Gasteiger partial charge < -0.3 is 4.90 Å². The molecule has 0 spiro atoms. The molecule has 8 heteroatoms. The molecule has 0 aliphatic carbocycles. The van der Waals surface area contributed by atoms with Gasteiger partial charge in [0.25, 0.3) is 17.3 Å². The van der Waals surface area contributed by atoms with Gasteiger partial charge in [0.1, 0.15) is 0 Å². The van der Waals surface area contributed by atoms with E-state index in [0.29, 0.717) is 12.1 Å². The maximum absolute atomic E-state index is 13.8. The van der Waals surface area contributed by atoms with Gasteiger partial charge in [0.2, 0.25) is 0 Å². The summed E-state index contributed by atoms with van der Waals surface area (Å²) in [6.45, 7) is 8.07. The first-order valence-electron chi connectivity index (χ1n) is 10.9. The lowest BCUT2D eigenvalue weighted by Gasteiger charge is -2.51. The lowest BCUT2D eigenvalue weighted by molar-refractivity contribution is -0.394. The van der Waals surface area contributed by atoms with Gasteiger partial charge in [0.15, 0.2) is 0 Å². The molecule has 0 bridgehead atoms. The van der Waals surface area contributed by atoms with Crippen molar-refractivity contribution in [1.82, 2.24) is 0 Å². The first-order chi connectivity index (χ1) is 15.9. The molecule has 8 nitrogen and oxygen atoms in total. The number of para-hydroxylation sites is 1. The number of rotatable bonds is 4. The predicted octanol–water partition coefficient (Wildman–Crippen LogP) is 5.95. The third kappa shape index (κ3) is 3.81. The minimum Gasteiger partial charge on any atom is -0.302 e. The molecule has 1 aliphatic rings. The third-order valence-electron chi connectivity index (χ3n) is 6.59. The van der Waals surface area contributed by atoms with Gasteiger partial charge in [-0.1, -0.05) is 55.0 Å². The van der Waals surface area contributed by atoms with Gasteiger partial charge >= 0.3 is 0 Å². The molecule has 0 saturated heterocycles. The topological polar surface area (TPSA) is 107 Å². The Labute approximate surface area is 197 Å². The van der Waals surface area contributed by atoms with Crippen LogP contribution in [-0.4, -0.2) is 21.3 Å². The van der Waals surface area contributed by atoms with Gasteiger partial charge in [-0.15, -0.1) is 0 Å². The van der Waals surface area contributed by atoms with Crippen LogP contribution in [0.3, 0.4) is 0 Å². The number of anilines is 1. The van der Waals surface area contributed by atoms with E-state index in [-0.39, 0.29) is 11.0 Å². The van der Waals surface area contributed by atoms with Crippen molar-refractivity contribution >= 4 is 23.0 Å². The number of non-ortho nitro benzene ring substituents is 2. The normalized spacial score (nSPS) is 18.8. The molecule has 0 fully saturated rings. The van der Waals surface area contributed by atoms with Crippen molar-refractivity contribution in [3.8, 4) is 0 Å². The molecule has 0 N–H and O–H groups in total. The molecule has 1 heterocycles. The largest absolute Gasteiger partial charge is 0.302 e. The lowest BCUT2D eigenvalue weighted by Crippen LogP contribution is -2.55. The molecule has 0 saturated carbocycles. The zero-order valence-electron chi connectivity index (χ0n) is 19.4. The maximum atomic E-state index is 13.8. The van der Waals surface area contributed by atoms with E-state index in [4.69, 9.17) is 0 Å². The smallest absolute Gasteiger partial charge is 0.277 e. The first kappa shape index (κ1) is 23.1. The highest BCUT2D eigenvalue weighted by atomic mass is 16.6. The minimum absolute atomic E-state index is 0.0947. The zero-order valence-corrected chi connectivity index (χ0v) is 19.4. The van der Waals surface area contributed by atoms with E-state index in [1.807, 2.05) is 45.0 Å². The lowest BCUT2D eigenvalue weighted by atomic mass is 9.65. The minimum atomic E-state index is -0.729. The summed E-state index contributed by atoms with van der Waals surface area (Å²) < 4.78 is 0. The van der Waals surface area contributed by atoms with Crippen molar-refractivity contribution in [3.63, 3.8) is 0 Å². The number of carbonyl (C=O) groups is 1. The SMILES string of the molecule is Cc1ccc([C@@]2(C)CC(C)(C)N(C(=O)c3cc([N+](=O)[O-])cc([N+](=O)[O-])c3)c3ccccc32)cc1. The summed E-state index contributed by atoms with van der Waals surface area (Å²) in [5.41, 5.74) is 1.74. The number of carbonyl (C=O) groups excluding carboxylic acids is 1. The van der Waals surface area contributed by atoms with Crippen LogP contribution < -0.4 is 4.90 Å². The molecule has 174 valence electrons. The number of fused-ring (bicyclic) bond motifs is 1. The van der Waals surface area contributed by atoms with Gasteiger partial charge in [-0.25, -0.2) is 0 Å².